The van der Waals surface area contributed by atoms with E-state index < -0.39 is 0 Å². The van der Waals surface area contributed by atoms with Crippen molar-refractivity contribution in [2.45, 2.75) is 0 Å². The molecule has 2 aromatic rings. The van der Waals surface area contributed by atoms with Crippen LogP contribution in [0.15, 0.2) is 45.3 Å². The van der Waals surface area contributed by atoms with E-state index in [9.17, 15) is 9.59 Å². The topological polar surface area (TPSA) is 64.6 Å². The highest BCUT2D eigenvalue weighted by Crippen LogP contribution is 2.33. The monoisotopic (exact) mass is 439 g/mol. The minimum Gasteiger partial charge on any atom is -0.483 e. The number of amides is 1. The first kappa shape index (κ1) is 16.0. The molecule has 0 atom stereocenters. The van der Waals surface area contributed by atoms with Crippen molar-refractivity contribution in [1.29, 1.82) is 0 Å². The number of halogens is 2. The van der Waals surface area contributed by atoms with E-state index in [4.69, 9.17) is 9.47 Å². The summed E-state index contributed by atoms with van der Waals surface area (Å²) in [4.78, 5) is 23.6. The van der Waals surface area contributed by atoms with Gasteiger partial charge in [-0.2, -0.15) is 0 Å². The zero-order valence-corrected chi connectivity index (χ0v) is 14.9. The molecular weight excluding hydrogens is 430 g/mol. The molecular formula is C16H11Br2NO4. The first-order valence-corrected chi connectivity index (χ1v) is 8.30. The number of hydrogen-bond donors (Lipinski definition) is 1. The van der Waals surface area contributed by atoms with Crippen molar-refractivity contribution in [3.63, 3.8) is 0 Å². The SMILES string of the molecule is O=C1COc2ccc(C(=O)COc3c(Br)cccc3Br)cc2N1. The van der Waals surface area contributed by atoms with E-state index in [1.807, 2.05) is 18.2 Å². The van der Waals surface area contributed by atoms with Gasteiger partial charge >= 0.3 is 0 Å². The van der Waals surface area contributed by atoms with Gasteiger partial charge in [-0.25, -0.2) is 0 Å². The van der Waals surface area contributed by atoms with Crippen molar-refractivity contribution < 1.29 is 19.1 Å². The molecule has 0 saturated heterocycles. The minimum atomic E-state index is -0.240. The standard InChI is InChI=1S/C16H11Br2NO4/c17-10-2-1-3-11(18)16(10)23-7-13(20)9-4-5-14-12(6-9)19-15(21)8-22-14/h1-6H,7-8H2,(H,19,21). The summed E-state index contributed by atoms with van der Waals surface area (Å²) in [6.45, 7) is -0.131. The Morgan fingerprint density at radius 3 is 2.70 bits per heavy atom. The van der Waals surface area contributed by atoms with Gasteiger partial charge in [-0.3, -0.25) is 9.59 Å². The van der Waals surface area contributed by atoms with E-state index in [1.165, 1.54) is 0 Å². The van der Waals surface area contributed by atoms with Crippen LogP contribution < -0.4 is 14.8 Å². The second-order valence-electron chi connectivity index (χ2n) is 4.81. The van der Waals surface area contributed by atoms with E-state index in [2.05, 4.69) is 37.2 Å². The summed E-state index contributed by atoms with van der Waals surface area (Å²) in [7, 11) is 0. The molecule has 0 fully saturated rings. The first-order chi connectivity index (χ1) is 11.0. The van der Waals surface area contributed by atoms with Gasteiger partial charge in [-0.1, -0.05) is 6.07 Å². The molecule has 1 N–H and O–H groups in total. The number of carbonyl (C=O) groups is 2. The van der Waals surface area contributed by atoms with Crippen LogP contribution in [-0.2, 0) is 4.79 Å². The van der Waals surface area contributed by atoms with Crippen LogP contribution in [0.1, 0.15) is 10.4 Å². The van der Waals surface area contributed by atoms with Crippen molar-refractivity contribution in [3.05, 3.63) is 50.9 Å². The summed E-state index contributed by atoms with van der Waals surface area (Å²) in [5.74, 6) is 0.678. The zero-order chi connectivity index (χ0) is 16.4. The second-order valence-corrected chi connectivity index (χ2v) is 6.52. The number of ketones is 1. The number of fused-ring (bicyclic) bond motifs is 1. The summed E-state index contributed by atoms with van der Waals surface area (Å²) >= 11 is 6.76. The van der Waals surface area contributed by atoms with E-state index in [-0.39, 0.29) is 24.9 Å². The summed E-state index contributed by atoms with van der Waals surface area (Å²) < 4.78 is 12.4. The average molecular weight is 441 g/mol. The van der Waals surface area contributed by atoms with Gasteiger partial charge in [0, 0.05) is 5.56 Å². The molecule has 0 saturated carbocycles. The molecule has 23 heavy (non-hydrogen) atoms. The van der Waals surface area contributed by atoms with Crippen LogP contribution in [0, 0.1) is 0 Å². The predicted molar refractivity (Wildman–Crippen MR) is 92.2 cm³/mol. The lowest BCUT2D eigenvalue weighted by molar-refractivity contribution is -0.118. The Morgan fingerprint density at radius 1 is 1.22 bits per heavy atom. The number of para-hydroxylation sites is 1. The quantitative estimate of drug-likeness (QED) is 0.734. The summed E-state index contributed by atoms with van der Waals surface area (Å²) in [6, 6.07) is 10.4. The molecule has 0 radical (unpaired) electrons. The Hall–Kier alpha value is -1.86. The Bertz CT molecular complexity index is 771. The number of ether oxygens (including phenoxy) is 2. The third-order valence-corrected chi connectivity index (χ3v) is 4.45. The van der Waals surface area contributed by atoms with Gasteiger partial charge in [0.25, 0.3) is 5.91 Å². The minimum absolute atomic E-state index is 0.0144. The van der Waals surface area contributed by atoms with Crippen molar-refractivity contribution in [3.8, 4) is 11.5 Å². The van der Waals surface area contributed by atoms with Gasteiger partial charge in [0.1, 0.15) is 11.5 Å². The lowest BCUT2D eigenvalue weighted by Crippen LogP contribution is -2.25. The molecule has 1 heterocycles. The van der Waals surface area contributed by atoms with E-state index in [1.54, 1.807) is 18.2 Å². The molecule has 1 aliphatic heterocycles. The summed E-state index contributed by atoms with van der Waals surface area (Å²) in [6.07, 6.45) is 0. The first-order valence-electron chi connectivity index (χ1n) is 6.71. The molecule has 5 nitrogen and oxygen atoms in total. The van der Waals surface area contributed by atoms with E-state index in [0.29, 0.717) is 22.7 Å². The highest BCUT2D eigenvalue weighted by molar-refractivity contribution is 9.11. The van der Waals surface area contributed by atoms with Crippen molar-refractivity contribution in [2.75, 3.05) is 18.5 Å². The van der Waals surface area contributed by atoms with Gasteiger partial charge in [0.2, 0.25) is 0 Å². The smallest absolute Gasteiger partial charge is 0.262 e. The summed E-state index contributed by atoms with van der Waals surface area (Å²) in [5.41, 5.74) is 0.937. The second kappa shape index (κ2) is 6.72. The van der Waals surface area contributed by atoms with Gasteiger partial charge in [-0.05, 0) is 62.2 Å². The Labute approximate surface area is 149 Å². The number of anilines is 1. The third kappa shape index (κ3) is 3.56. The number of carbonyl (C=O) groups excluding carboxylic acids is 2. The van der Waals surface area contributed by atoms with Crippen LogP contribution >= 0.6 is 31.9 Å². The van der Waals surface area contributed by atoms with Gasteiger partial charge in [0.05, 0.1) is 14.6 Å². The fourth-order valence-corrected chi connectivity index (χ4v) is 3.33. The molecule has 0 aliphatic carbocycles. The number of hydrogen-bond acceptors (Lipinski definition) is 4. The van der Waals surface area contributed by atoms with Gasteiger partial charge in [-0.15, -0.1) is 0 Å². The normalized spacial score (nSPS) is 12.9. The highest BCUT2D eigenvalue weighted by atomic mass is 79.9. The number of nitrogens with one attached hydrogen (secondary N) is 1. The van der Waals surface area contributed by atoms with Crippen LogP contribution in [0.25, 0.3) is 0 Å². The predicted octanol–water partition coefficient (Wildman–Crippen LogP) is 3.80. The van der Waals surface area contributed by atoms with E-state index in [0.717, 1.165) is 8.95 Å². The van der Waals surface area contributed by atoms with Crippen LogP contribution in [0.3, 0.4) is 0 Å². The molecule has 1 amide bonds. The maximum atomic E-state index is 12.3. The van der Waals surface area contributed by atoms with Crippen LogP contribution in [0.2, 0.25) is 0 Å². The lowest BCUT2D eigenvalue weighted by Gasteiger charge is -2.18. The molecule has 2 aromatic carbocycles. The van der Waals surface area contributed by atoms with Crippen LogP contribution in [-0.4, -0.2) is 24.9 Å². The maximum Gasteiger partial charge on any atom is 0.262 e. The third-order valence-electron chi connectivity index (χ3n) is 3.20. The zero-order valence-electron chi connectivity index (χ0n) is 11.8. The fourth-order valence-electron chi connectivity index (χ4n) is 2.10. The number of rotatable bonds is 4. The van der Waals surface area contributed by atoms with Gasteiger partial charge < -0.3 is 14.8 Å². The van der Waals surface area contributed by atoms with Crippen LogP contribution in [0.4, 0.5) is 5.69 Å². The summed E-state index contributed by atoms with van der Waals surface area (Å²) in [5, 5.41) is 2.68. The van der Waals surface area contributed by atoms with Crippen LogP contribution in [0.5, 0.6) is 11.5 Å². The maximum absolute atomic E-state index is 12.3. The average Bonchev–Trinajstić information content (AvgIpc) is 2.53. The number of Topliss-reactive ketones (excluding diaryl/α,β-unsaturated/α-hetero) is 1. The molecule has 0 bridgehead atoms. The highest BCUT2D eigenvalue weighted by Gasteiger charge is 2.18. The molecule has 0 spiro atoms. The Morgan fingerprint density at radius 2 is 1.96 bits per heavy atom. The molecule has 0 unspecified atom stereocenters. The Kier molecular flexibility index (Phi) is 4.68. The molecule has 118 valence electrons. The van der Waals surface area contributed by atoms with E-state index >= 15 is 0 Å². The van der Waals surface area contributed by atoms with Crippen molar-refractivity contribution in [2.24, 2.45) is 0 Å². The van der Waals surface area contributed by atoms with Crippen molar-refractivity contribution in [1.82, 2.24) is 0 Å². The number of benzene rings is 2. The van der Waals surface area contributed by atoms with Crippen molar-refractivity contribution >= 4 is 49.2 Å². The Balaban J connectivity index is 1.74. The lowest BCUT2D eigenvalue weighted by atomic mass is 10.1. The molecule has 3 rings (SSSR count). The fraction of sp³-hybridized carbons (Fsp3) is 0.125. The largest absolute Gasteiger partial charge is 0.483 e. The molecule has 7 heteroatoms. The molecule has 1 aliphatic rings. The molecule has 0 aromatic heterocycles. The van der Waals surface area contributed by atoms with Gasteiger partial charge in [0.15, 0.2) is 19.0 Å².